The fourth-order valence-electron chi connectivity index (χ4n) is 4.26. The maximum absolute atomic E-state index is 6.27. The van der Waals surface area contributed by atoms with Crippen molar-refractivity contribution >= 4 is 35.7 Å². The van der Waals surface area contributed by atoms with Gasteiger partial charge in [0.2, 0.25) is 17.8 Å². The summed E-state index contributed by atoms with van der Waals surface area (Å²) in [5, 5.41) is 4.97. The highest BCUT2D eigenvalue weighted by Crippen LogP contribution is 2.28. The molecule has 2 aliphatic heterocycles. The minimum atomic E-state index is 0.445. The van der Waals surface area contributed by atoms with Gasteiger partial charge in [-0.05, 0) is 62.8 Å². The van der Waals surface area contributed by atoms with E-state index < -0.39 is 0 Å². The molecule has 8 nitrogen and oxygen atoms in total. The van der Waals surface area contributed by atoms with Gasteiger partial charge in [-0.15, -0.1) is 0 Å². The van der Waals surface area contributed by atoms with Gasteiger partial charge in [0.15, 0.2) is 0 Å². The average Bonchev–Trinajstić information content (AvgIpc) is 3.34. The Hall–Kier alpha value is -3.13. The topological polar surface area (TPSA) is 82.7 Å². The van der Waals surface area contributed by atoms with Gasteiger partial charge in [-0.1, -0.05) is 23.7 Å². The van der Waals surface area contributed by atoms with E-state index in [1.807, 2.05) is 36.4 Å². The number of nitrogens with zero attached hydrogens (tertiary/aromatic N) is 6. The molecule has 4 heterocycles. The molecule has 9 heteroatoms. The number of hydrogen-bond donors (Lipinski definition) is 1. The van der Waals surface area contributed by atoms with Crippen LogP contribution in [0.4, 0.5) is 17.8 Å². The van der Waals surface area contributed by atoms with E-state index in [-0.39, 0.29) is 0 Å². The lowest BCUT2D eigenvalue weighted by molar-refractivity contribution is 0.556. The Balaban J connectivity index is 1.34. The van der Waals surface area contributed by atoms with E-state index in [0.29, 0.717) is 22.5 Å². The molecule has 0 unspecified atom stereocenters. The Kier molecular flexibility index (Phi) is 6.71. The number of benzene rings is 1. The van der Waals surface area contributed by atoms with Crippen LogP contribution in [0.1, 0.15) is 44.3 Å². The molecule has 0 aliphatic carbocycles. The molecular formula is C24H28ClN7O. The van der Waals surface area contributed by atoms with E-state index in [1.54, 1.807) is 6.21 Å². The lowest BCUT2D eigenvalue weighted by atomic mass is 10.1. The standard InChI is InChI=1S/C24H28ClN7O/c25-20-10-4-3-9-19(20)21-12-11-18(33-21)17-26-30-22-27-23(31-13-5-1-6-14-31)29-24(28-22)32-15-7-2-8-16-32/h3-4,9-12,17H,1-2,5-8,13-16H2,(H,27,28,29,30)/b26-17-. The van der Waals surface area contributed by atoms with E-state index in [4.69, 9.17) is 21.0 Å². The zero-order valence-corrected chi connectivity index (χ0v) is 19.3. The highest BCUT2D eigenvalue weighted by molar-refractivity contribution is 6.33. The molecule has 172 valence electrons. The van der Waals surface area contributed by atoms with Gasteiger partial charge >= 0.3 is 0 Å². The van der Waals surface area contributed by atoms with Crippen molar-refractivity contribution in [3.8, 4) is 11.3 Å². The Labute approximate surface area is 198 Å². The molecule has 0 amide bonds. The van der Waals surface area contributed by atoms with Gasteiger partial charge in [0.25, 0.3) is 0 Å². The number of nitrogens with one attached hydrogen (secondary N) is 1. The van der Waals surface area contributed by atoms with Crippen LogP contribution in [0.2, 0.25) is 5.02 Å². The molecule has 5 rings (SSSR count). The molecule has 2 aliphatic rings. The third kappa shape index (κ3) is 5.27. The second-order valence-corrected chi connectivity index (χ2v) is 8.81. The second-order valence-electron chi connectivity index (χ2n) is 8.41. The quantitative estimate of drug-likeness (QED) is 0.395. The minimum Gasteiger partial charge on any atom is -0.455 e. The van der Waals surface area contributed by atoms with Gasteiger partial charge in [-0.3, -0.25) is 0 Å². The van der Waals surface area contributed by atoms with Crippen molar-refractivity contribution in [3.05, 3.63) is 47.2 Å². The maximum atomic E-state index is 6.27. The molecular weight excluding hydrogens is 438 g/mol. The second kappa shape index (κ2) is 10.2. The molecule has 2 saturated heterocycles. The van der Waals surface area contributed by atoms with Gasteiger partial charge in [0, 0.05) is 31.7 Å². The lowest BCUT2D eigenvalue weighted by Crippen LogP contribution is -2.34. The van der Waals surface area contributed by atoms with Crippen LogP contribution in [0, 0.1) is 0 Å². The largest absolute Gasteiger partial charge is 0.455 e. The maximum Gasteiger partial charge on any atom is 0.250 e. The van der Waals surface area contributed by atoms with Gasteiger partial charge < -0.3 is 14.2 Å². The van der Waals surface area contributed by atoms with Crippen LogP contribution in [-0.2, 0) is 0 Å². The van der Waals surface area contributed by atoms with Crippen molar-refractivity contribution in [2.75, 3.05) is 41.4 Å². The van der Waals surface area contributed by atoms with Crippen molar-refractivity contribution < 1.29 is 4.42 Å². The molecule has 2 fully saturated rings. The van der Waals surface area contributed by atoms with E-state index in [0.717, 1.165) is 69.3 Å². The van der Waals surface area contributed by atoms with Crippen molar-refractivity contribution in [2.24, 2.45) is 5.10 Å². The summed E-state index contributed by atoms with van der Waals surface area (Å²) in [6.07, 6.45) is 8.79. The van der Waals surface area contributed by atoms with E-state index in [9.17, 15) is 0 Å². The number of aromatic nitrogens is 3. The number of halogens is 1. The van der Waals surface area contributed by atoms with Gasteiger partial charge in [0.05, 0.1) is 11.2 Å². The van der Waals surface area contributed by atoms with Gasteiger partial charge in [-0.25, -0.2) is 5.43 Å². The molecule has 0 radical (unpaired) electrons. The number of hydrogen-bond acceptors (Lipinski definition) is 8. The Morgan fingerprint density at radius 3 is 2.09 bits per heavy atom. The van der Waals surface area contributed by atoms with Crippen LogP contribution >= 0.6 is 11.6 Å². The van der Waals surface area contributed by atoms with Crippen LogP contribution in [0.5, 0.6) is 0 Å². The number of furan rings is 1. The molecule has 1 N–H and O–H groups in total. The Morgan fingerprint density at radius 2 is 1.45 bits per heavy atom. The summed E-state index contributed by atoms with van der Waals surface area (Å²) in [5.41, 5.74) is 3.83. The van der Waals surface area contributed by atoms with Gasteiger partial charge in [-0.2, -0.15) is 20.1 Å². The molecule has 1 aromatic carbocycles. The summed E-state index contributed by atoms with van der Waals surface area (Å²) in [4.78, 5) is 18.6. The Morgan fingerprint density at radius 1 is 0.818 bits per heavy atom. The first kappa shape index (κ1) is 21.7. The van der Waals surface area contributed by atoms with Crippen LogP contribution in [0.25, 0.3) is 11.3 Å². The first-order chi connectivity index (χ1) is 16.3. The minimum absolute atomic E-state index is 0.445. The molecule has 0 spiro atoms. The Bertz CT molecular complexity index is 1070. The molecule has 0 atom stereocenters. The van der Waals surface area contributed by atoms with Crippen LogP contribution in [0.3, 0.4) is 0 Å². The van der Waals surface area contributed by atoms with Crippen molar-refractivity contribution in [1.29, 1.82) is 0 Å². The van der Waals surface area contributed by atoms with Crippen LogP contribution < -0.4 is 15.2 Å². The summed E-state index contributed by atoms with van der Waals surface area (Å²) in [6.45, 7) is 3.90. The number of anilines is 3. The van der Waals surface area contributed by atoms with E-state index in [2.05, 4.69) is 30.3 Å². The smallest absolute Gasteiger partial charge is 0.250 e. The molecule has 2 aromatic heterocycles. The van der Waals surface area contributed by atoms with Crippen LogP contribution in [0.15, 0.2) is 45.9 Å². The lowest BCUT2D eigenvalue weighted by Gasteiger charge is -2.30. The van der Waals surface area contributed by atoms with E-state index in [1.165, 1.54) is 12.8 Å². The molecule has 3 aromatic rings. The third-order valence-corrected chi connectivity index (χ3v) is 6.34. The zero-order chi connectivity index (χ0) is 22.5. The monoisotopic (exact) mass is 465 g/mol. The van der Waals surface area contributed by atoms with E-state index >= 15 is 0 Å². The normalized spacial score (nSPS) is 17.0. The average molecular weight is 466 g/mol. The summed E-state index contributed by atoms with van der Waals surface area (Å²) in [5.74, 6) is 3.20. The molecule has 0 saturated carbocycles. The SMILES string of the molecule is Clc1ccccc1-c1ccc(/C=N\Nc2nc(N3CCCCC3)nc(N3CCCCC3)n2)o1. The zero-order valence-electron chi connectivity index (χ0n) is 18.6. The molecule has 33 heavy (non-hydrogen) atoms. The summed E-state index contributed by atoms with van der Waals surface area (Å²) in [7, 11) is 0. The van der Waals surface area contributed by atoms with Crippen molar-refractivity contribution in [3.63, 3.8) is 0 Å². The van der Waals surface area contributed by atoms with Crippen molar-refractivity contribution in [1.82, 2.24) is 15.0 Å². The predicted octanol–water partition coefficient (Wildman–Crippen LogP) is 5.21. The number of piperidine rings is 2. The fraction of sp³-hybridized carbons (Fsp3) is 0.417. The summed E-state index contributed by atoms with van der Waals surface area (Å²) < 4.78 is 5.88. The summed E-state index contributed by atoms with van der Waals surface area (Å²) in [6, 6.07) is 11.3. The number of rotatable bonds is 6. The highest BCUT2D eigenvalue weighted by Gasteiger charge is 2.20. The first-order valence-electron chi connectivity index (χ1n) is 11.7. The van der Waals surface area contributed by atoms with Gasteiger partial charge in [0.1, 0.15) is 11.5 Å². The number of hydrazone groups is 1. The third-order valence-electron chi connectivity index (χ3n) is 6.01. The fourth-order valence-corrected chi connectivity index (χ4v) is 4.49. The predicted molar refractivity (Wildman–Crippen MR) is 132 cm³/mol. The summed E-state index contributed by atoms with van der Waals surface area (Å²) >= 11 is 6.27. The van der Waals surface area contributed by atoms with Crippen LogP contribution in [-0.4, -0.2) is 47.3 Å². The highest BCUT2D eigenvalue weighted by atomic mass is 35.5. The molecule has 0 bridgehead atoms. The first-order valence-corrected chi connectivity index (χ1v) is 12.0. The van der Waals surface area contributed by atoms with Crippen molar-refractivity contribution in [2.45, 2.75) is 38.5 Å².